The molecule has 2 heterocycles. The molecule has 0 aromatic heterocycles. The van der Waals surface area contributed by atoms with Crippen LogP contribution in [0.1, 0.15) is 76.9 Å². The number of nitrogens with two attached hydrogens (primary N) is 1. The fourth-order valence-corrected chi connectivity index (χ4v) is 6.67. The second-order valence-electron chi connectivity index (χ2n) is 11.6. The lowest BCUT2D eigenvalue weighted by Crippen LogP contribution is -2.28. The molecule has 1 amide bonds. The third-order valence-corrected chi connectivity index (χ3v) is 9.19. The number of ketones is 2. The molecular weight excluding hydrogens is 665 g/mol. The van der Waals surface area contributed by atoms with Crippen LogP contribution in [0.5, 0.6) is 5.75 Å². The van der Waals surface area contributed by atoms with Crippen molar-refractivity contribution in [1.82, 2.24) is 5.32 Å². The van der Waals surface area contributed by atoms with Crippen LogP contribution in [-0.2, 0) is 9.63 Å². The molecule has 0 atom stereocenters. The summed E-state index contributed by atoms with van der Waals surface area (Å²) in [4.78, 5) is 45.3. The first-order valence-electron chi connectivity index (χ1n) is 16.9. The Hall–Kier alpha value is -5.59. The molecule has 2 aliphatic heterocycles. The van der Waals surface area contributed by atoms with Gasteiger partial charge in [-0.2, -0.15) is 0 Å². The first-order chi connectivity index (χ1) is 24.8. The van der Waals surface area contributed by atoms with Gasteiger partial charge in [0.25, 0.3) is 5.91 Å². The molecule has 0 bridgehead atoms. The molecule has 0 radical (unpaired) electrons. The van der Waals surface area contributed by atoms with Crippen molar-refractivity contribution in [2.75, 3.05) is 41.7 Å². The Morgan fingerprint density at radius 3 is 2.06 bits per heavy atom. The number of phenolic OH excluding ortho intramolecular Hbond substituents is 1. The van der Waals surface area contributed by atoms with Crippen LogP contribution < -0.4 is 26.9 Å². The Morgan fingerprint density at radius 1 is 0.843 bits per heavy atom. The topological polar surface area (TPSA) is 158 Å². The number of fused-ring (bicyclic) bond motifs is 2. The van der Waals surface area contributed by atoms with Gasteiger partial charge in [0.2, 0.25) is 0 Å². The number of amides is 1. The number of hydrogen-bond donors (Lipinski definition) is 5. The number of aromatic hydroxyl groups is 1. The number of rotatable bonds is 6. The van der Waals surface area contributed by atoms with Crippen LogP contribution >= 0.6 is 11.8 Å². The number of hydrazone groups is 1. The van der Waals surface area contributed by atoms with E-state index in [1.54, 1.807) is 37.4 Å². The Morgan fingerprint density at radius 2 is 1.43 bits per heavy atom. The van der Waals surface area contributed by atoms with Gasteiger partial charge in [0.1, 0.15) is 5.75 Å². The molecule has 6 N–H and O–H groups in total. The highest BCUT2D eigenvalue weighted by molar-refractivity contribution is 8.18. The summed E-state index contributed by atoms with van der Waals surface area (Å²) < 4.78 is 0. The molecule has 12 heteroatoms. The third-order valence-electron chi connectivity index (χ3n) is 8.28. The number of amidine groups is 1. The van der Waals surface area contributed by atoms with Crippen LogP contribution in [0, 0.1) is 0 Å². The van der Waals surface area contributed by atoms with Gasteiger partial charge in [-0.1, -0.05) is 81.3 Å². The van der Waals surface area contributed by atoms with E-state index in [0.29, 0.717) is 32.6 Å². The highest BCUT2D eigenvalue weighted by atomic mass is 32.2. The maximum atomic E-state index is 13.0. The van der Waals surface area contributed by atoms with E-state index < -0.39 is 0 Å². The fraction of sp³-hybridized carbons (Fsp3) is 0.231. The van der Waals surface area contributed by atoms with Gasteiger partial charge in [0, 0.05) is 30.3 Å². The van der Waals surface area contributed by atoms with Crippen molar-refractivity contribution in [1.29, 1.82) is 0 Å². The third kappa shape index (κ3) is 8.59. The minimum Gasteiger partial charge on any atom is -0.507 e. The van der Waals surface area contributed by atoms with Gasteiger partial charge in [-0.05, 0) is 60.5 Å². The van der Waals surface area contributed by atoms with Crippen molar-refractivity contribution >= 4 is 63.2 Å². The molecule has 51 heavy (non-hydrogen) atoms. The lowest BCUT2D eigenvalue weighted by Gasteiger charge is -2.28. The minimum atomic E-state index is -0.350. The zero-order chi connectivity index (χ0) is 36.3. The Labute approximate surface area is 301 Å². The van der Waals surface area contributed by atoms with Crippen LogP contribution in [0.2, 0.25) is 0 Å². The SMILES string of the molecule is CC.CONc1ccc(N/N=C2\NC(=O)/C(=C\c3ccccc3)S2)cc1.Nc1c(N2CCCCCC2)cc(O)c2c1C(=O)c1ccccc1C2=O. The molecule has 11 nitrogen and oxygen atoms in total. The zero-order valence-corrected chi connectivity index (χ0v) is 29.7. The predicted octanol–water partition coefficient (Wildman–Crippen LogP) is 7.40. The van der Waals surface area contributed by atoms with Gasteiger partial charge < -0.3 is 15.7 Å². The number of hydrogen-bond acceptors (Lipinski definition) is 11. The maximum absolute atomic E-state index is 13.0. The molecule has 2 fully saturated rings. The molecule has 0 saturated carbocycles. The van der Waals surface area contributed by atoms with E-state index in [1.165, 1.54) is 11.8 Å². The second kappa shape index (κ2) is 17.4. The van der Waals surface area contributed by atoms with Gasteiger partial charge in [-0.15, -0.1) is 5.10 Å². The first-order valence-corrected chi connectivity index (χ1v) is 17.7. The van der Waals surface area contributed by atoms with E-state index >= 15 is 0 Å². The van der Waals surface area contributed by atoms with E-state index in [1.807, 2.05) is 74.5 Å². The van der Waals surface area contributed by atoms with Crippen molar-refractivity contribution in [3.05, 3.63) is 118 Å². The van der Waals surface area contributed by atoms with Crippen molar-refractivity contribution in [2.45, 2.75) is 39.5 Å². The van der Waals surface area contributed by atoms with Crippen molar-refractivity contribution in [3.63, 3.8) is 0 Å². The highest BCUT2D eigenvalue weighted by Gasteiger charge is 2.35. The van der Waals surface area contributed by atoms with Crippen molar-refractivity contribution in [3.8, 4) is 5.75 Å². The highest BCUT2D eigenvalue weighted by Crippen LogP contribution is 2.42. The van der Waals surface area contributed by atoms with Crippen LogP contribution in [0.25, 0.3) is 6.08 Å². The summed E-state index contributed by atoms with van der Waals surface area (Å²) in [6, 6.07) is 25.3. The Bertz CT molecular complexity index is 1940. The lowest BCUT2D eigenvalue weighted by atomic mass is 9.82. The van der Waals surface area contributed by atoms with E-state index in [0.717, 1.165) is 55.7 Å². The molecule has 1 aliphatic carbocycles. The number of nitrogens with one attached hydrogen (secondary N) is 3. The fourth-order valence-electron chi connectivity index (χ4n) is 5.88. The summed E-state index contributed by atoms with van der Waals surface area (Å²) >= 11 is 1.30. The standard InChI is InChI=1S/C20H20N2O3.C17H16N4O2S.C2H6/c21-18-14(22-9-5-1-2-6-10-22)11-15(23)16-17(18)20(25)13-8-4-3-7-12(13)19(16)24;1-23-21-14-9-7-13(8-10-14)19-20-17-18-16(22)15(24-17)11-12-5-3-2-4-6-12;1-2/h3-4,7-8,11,23H,1-2,5-6,9-10,21H2;2-11,19,21H,1H3,(H,18,20,22);1-2H3/b;15-11+;. The number of carbonyl (C=O) groups excluding carboxylic acids is 3. The van der Waals surface area contributed by atoms with E-state index in [4.69, 9.17) is 10.6 Å². The smallest absolute Gasteiger partial charge is 0.264 e. The van der Waals surface area contributed by atoms with Crippen LogP contribution in [0.3, 0.4) is 0 Å². The Kier molecular flexibility index (Phi) is 12.5. The molecule has 3 aliphatic rings. The zero-order valence-electron chi connectivity index (χ0n) is 28.9. The second-order valence-corrected chi connectivity index (χ2v) is 12.6. The number of thioether (sulfide) groups is 1. The van der Waals surface area contributed by atoms with Crippen molar-refractivity contribution in [2.24, 2.45) is 5.10 Å². The van der Waals surface area contributed by atoms with Crippen molar-refractivity contribution < 1.29 is 24.3 Å². The average Bonchev–Trinajstić information content (AvgIpc) is 3.31. The van der Waals surface area contributed by atoms with Gasteiger partial charge in [0.15, 0.2) is 16.7 Å². The number of phenols is 1. The van der Waals surface area contributed by atoms with Gasteiger partial charge >= 0.3 is 0 Å². The molecule has 4 aromatic carbocycles. The Balaban J connectivity index is 0.000000189. The molecule has 4 aromatic rings. The van der Waals surface area contributed by atoms with Gasteiger partial charge in [-0.25, -0.2) is 0 Å². The number of nitrogens with zero attached hydrogens (tertiary/aromatic N) is 2. The van der Waals surface area contributed by atoms with Gasteiger partial charge in [0.05, 0.1) is 45.9 Å². The molecular formula is C39H42N6O5S. The average molecular weight is 707 g/mol. The summed E-state index contributed by atoms with van der Waals surface area (Å²) in [5.74, 6) is -0.966. The number of anilines is 4. The molecule has 2 saturated heterocycles. The summed E-state index contributed by atoms with van der Waals surface area (Å²) in [5, 5.41) is 18.0. The molecule has 0 spiro atoms. The van der Waals surface area contributed by atoms with Gasteiger partial charge in [-0.3, -0.25) is 35.4 Å². The molecule has 0 unspecified atom stereocenters. The van der Waals surface area contributed by atoms with E-state index in [9.17, 15) is 19.5 Å². The number of nitrogen functional groups attached to an aromatic ring is 1. The predicted molar refractivity (Wildman–Crippen MR) is 206 cm³/mol. The minimum absolute atomic E-state index is 0.0276. The van der Waals surface area contributed by atoms with Crippen LogP contribution in [0.4, 0.5) is 22.7 Å². The first kappa shape index (κ1) is 36.7. The quantitative estimate of drug-likeness (QED) is 0.0521. The number of carbonyl (C=O) groups is 3. The molecule has 7 rings (SSSR count). The van der Waals surface area contributed by atoms with Crippen LogP contribution in [0.15, 0.2) is 94.9 Å². The number of benzene rings is 4. The monoisotopic (exact) mass is 706 g/mol. The van der Waals surface area contributed by atoms with Crippen LogP contribution in [-0.4, -0.2) is 47.9 Å². The van der Waals surface area contributed by atoms with E-state index in [-0.39, 0.29) is 34.4 Å². The summed E-state index contributed by atoms with van der Waals surface area (Å²) in [6.45, 7) is 5.67. The van der Waals surface area contributed by atoms with E-state index in [2.05, 4.69) is 26.2 Å². The molecule has 264 valence electrons. The summed E-state index contributed by atoms with van der Waals surface area (Å²) in [7, 11) is 1.55. The maximum Gasteiger partial charge on any atom is 0.264 e. The summed E-state index contributed by atoms with van der Waals surface area (Å²) in [6.07, 6.45) is 6.27. The normalized spacial score (nSPS) is 16.5. The largest absolute Gasteiger partial charge is 0.507 e. The summed E-state index contributed by atoms with van der Waals surface area (Å²) in [5.41, 5.74) is 16.4. The lowest BCUT2D eigenvalue weighted by molar-refractivity contribution is -0.115.